The minimum absolute atomic E-state index is 0.235. The van der Waals surface area contributed by atoms with E-state index in [1.165, 1.54) is 17.7 Å². The first-order valence-corrected chi connectivity index (χ1v) is 8.01. The SMILES string of the molecule is NCc1ccc(CCCC(OCc2ccc(F)cc2)C(N)=O)cc1. The number of nitrogens with two attached hydrogens (primary N) is 2. The zero-order valence-corrected chi connectivity index (χ0v) is 13.6. The van der Waals surface area contributed by atoms with Crippen LogP contribution in [0.3, 0.4) is 0 Å². The van der Waals surface area contributed by atoms with Crippen molar-refractivity contribution in [2.75, 3.05) is 0 Å². The molecule has 24 heavy (non-hydrogen) atoms. The summed E-state index contributed by atoms with van der Waals surface area (Å²) in [5, 5.41) is 0. The summed E-state index contributed by atoms with van der Waals surface area (Å²) < 4.78 is 18.5. The summed E-state index contributed by atoms with van der Waals surface area (Å²) in [6.45, 7) is 0.764. The van der Waals surface area contributed by atoms with E-state index in [9.17, 15) is 9.18 Å². The van der Waals surface area contributed by atoms with Crippen molar-refractivity contribution >= 4 is 5.91 Å². The lowest BCUT2D eigenvalue weighted by Crippen LogP contribution is -2.31. The maximum atomic E-state index is 12.9. The van der Waals surface area contributed by atoms with Crippen molar-refractivity contribution in [3.05, 3.63) is 71.0 Å². The number of halogens is 1. The number of benzene rings is 2. The highest BCUT2D eigenvalue weighted by Gasteiger charge is 2.15. The molecule has 2 aromatic rings. The zero-order chi connectivity index (χ0) is 17.4. The van der Waals surface area contributed by atoms with Crippen LogP contribution >= 0.6 is 0 Å². The van der Waals surface area contributed by atoms with E-state index in [0.717, 1.165) is 24.0 Å². The van der Waals surface area contributed by atoms with Gasteiger partial charge in [-0.1, -0.05) is 36.4 Å². The number of carbonyl (C=O) groups is 1. The Morgan fingerprint density at radius 3 is 2.17 bits per heavy atom. The van der Waals surface area contributed by atoms with Crippen LogP contribution in [-0.4, -0.2) is 12.0 Å². The van der Waals surface area contributed by atoms with Crippen molar-refractivity contribution in [2.24, 2.45) is 11.5 Å². The second-order valence-corrected chi connectivity index (χ2v) is 5.74. The van der Waals surface area contributed by atoms with Crippen LogP contribution in [0.4, 0.5) is 4.39 Å². The molecule has 0 radical (unpaired) electrons. The highest BCUT2D eigenvalue weighted by molar-refractivity contribution is 5.78. The summed E-state index contributed by atoms with van der Waals surface area (Å²) >= 11 is 0. The lowest BCUT2D eigenvalue weighted by molar-refractivity contribution is -0.130. The van der Waals surface area contributed by atoms with Gasteiger partial charge in [-0.15, -0.1) is 0 Å². The number of ether oxygens (including phenoxy) is 1. The molecule has 0 heterocycles. The largest absolute Gasteiger partial charge is 0.367 e. The standard InChI is InChI=1S/C19H23FN2O2/c20-17-10-8-16(9-11-17)13-24-18(19(22)23)3-1-2-14-4-6-15(12-21)7-5-14/h4-11,18H,1-3,12-13,21H2,(H2,22,23). The molecule has 1 atom stereocenters. The van der Waals surface area contributed by atoms with E-state index in [-0.39, 0.29) is 12.4 Å². The third-order valence-electron chi connectivity index (χ3n) is 3.87. The van der Waals surface area contributed by atoms with Crippen molar-refractivity contribution in [1.82, 2.24) is 0 Å². The second kappa shape index (κ2) is 9.15. The summed E-state index contributed by atoms with van der Waals surface area (Å²) in [4.78, 5) is 11.5. The fraction of sp³-hybridized carbons (Fsp3) is 0.316. The topological polar surface area (TPSA) is 78.3 Å². The Morgan fingerprint density at radius 1 is 1.00 bits per heavy atom. The molecule has 0 saturated heterocycles. The van der Waals surface area contributed by atoms with E-state index in [2.05, 4.69) is 0 Å². The maximum Gasteiger partial charge on any atom is 0.246 e. The van der Waals surface area contributed by atoms with Gasteiger partial charge in [0.2, 0.25) is 5.91 Å². The molecule has 2 aromatic carbocycles. The number of rotatable bonds is 9. The minimum atomic E-state index is -0.640. The van der Waals surface area contributed by atoms with Crippen LogP contribution in [0.25, 0.3) is 0 Å². The van der Waals surface area contributed by atoms with E-state index in [4.69, 9.17) is 16.2 Å². The van der Waals surface area contributed by atoms with Gasteiger partial charge >= 0.3 is 0 Å². The van der Waals surface area contributed by atoms with Gasteiger partial charge in [-0.05, 0) is 48.1 Å². The molecule has 4 nitrogen and oxygen atoms in total. The van der Waals surface area contributed by atoms with Gasteiger partial charge in [-0.25, -0.2) is 4.39 Å². The minimum Gasteiger partial charge on any atom is -0.367 e. The van der Waals surface area contributed by atoms with Crippen LogP contribution in [0, 0.1) is 5.82 Å². The third kappa shape index (κ3) is 5.76. The molecule has 0 aromatic heterocycles. The summed E-state index contributed by atoms with van der Waals surface area (Å²) in [5.41, 5.74) is 14.1. The van der Waals surface area contributed by atoms with Crippen molar-refractivity contribution in [1.29, 1.82) is 0 Å². The second-order valence-electron chi connectivity index (χ2n) is 5.74. The molecule has 1 unspecified atom stereocenters. The molecular formula is C19H23FN2O2. The quantitative estimate of drug-likeness (QED) is 0.742. The van der Waals surface area contributed by atoms with Gasteiger partial charge in [-0.2, -0.15) is 0 Å². The molecule has 128 valence electrons. The van der Waals surface area contributed by atoms with E-state index in [0.29, 0.717) is 13.0 Å². The van der Waals surface area contributed by atoms with Gasteiger partial charge in [0.25, 0.3) is 0 Å². The van der Waals surface area contributed by atoms with Gasteiger partial charge < -0.3 is 16.2 Å². The molecule has 0 aliphatic heterocycles. The Balaban J connectivity index is 1.80. The van der Waals surface area contributed by atoms with Gasteiger partial charge in [0, 0.05) is 6.54 Å². The normalized spacial score (nSPS) is 12.1. The van der Waals surface area contributed by atoms with Crippen LogP contribution in [-0.2, 0) is 29.1 Å². The van der Waals surface area contributed by atoms with Gasteiger partial charge in [0.1, 0.15) is 11.9 Å². The lowest BCUT2D eigenvalue weighted by Gasteiger charge is -2.15. The first kappa shape index (κ1) is 18.1. The molecule has 4 N–H and O–H groups in total. The molecule has 5 heteroatoms. The zero-order valence-electron chi connectivity index (χ0n) is 13.6. The number of aryl methyl sites for hydroxylation is 1. The fourth-order valence-electron chi connectivity index (χ4n) is 2.42. The lowest BCUT2D eigenvalue weighted by atomic mass is 10.0. The molecule has 0 aliphatic rings. The molecule has 0 saturated carbocycles. The average Bonchev–Trinajstić information content (AvgIpc) is 2.59. The van der Waals surface area contributed by atoms with Crippen LogP contribution in [0.15, 0.2) is 48.5 Å². The van der Waals surface area contributed by atoms with Crippen molar-refractivity contribution < 1.29 is 13.9 Å². The van der Waals surface area contributed by atoms with Crippen molar-refractivity contribution in [3.8, 4) is 0 Å². The highest BCUT2D eigenvalue weighted by atomic mass is 19.1. The molecule has 0 spiro atoms. The molecule has 0 aliphatic carbocycles. The summed E-state index contributed by atoms with van der Waals surface area (Å²) in [5.74, 6) is -0.776. The van der Waals surface area contributed by atoms with Crippen LogP contribution in [0.2, 0.25) is 0 Å². The molecule has 1 amide bonds. The van der Waals surface area contributed by atoms with Crippen molar-refractivity contribution in [3.63, 3.8) is 0 Å². The number of hydrogen-bond acceptors (Lipinski definition) is 3. The monoisotopic (exact) mass is 330 g/mol. The fourth-order valence-corrected chi connectivity index (χ4v) is 2.42. The third-order valence-corrected chi connectivity index (χ3v) is 3.87. The predicted octanol–water partition coefficient (Wildman–Crippen LogP) is 2.68. The average molecular weight is 330 g/mol. The summed E-state index contributed by atoms with van der Waals surface area (Å²) in [7, 11) is 0. The van der Waals surface area contributed by atoms with Crippen LogP contribution < -0.4 is 11.5 Å². The highest BCUT2D eigenvalue weighted by Crippen LogP contribution is 2.12. The predicted molar refractivity (Wildman–Crippen MR) is 91.4 cm³/mol. The Kier molecular flexibility index (Phi) is 6.90. The number of carbonyl (C=O) groups excluding carboxylic acids is 1. The molecular weight excluding hydrogens is 307 g/mol. The van der Waals surface area contributed by atoms with Gasteiger partial charge in [-0.3, -0.25) is 4.79 Å². The van der Waals surface area contributed by atoms with E-state index >= 15 is 0 Å². The first-order chi connectivity index (χ1) is 11.6. The van der Waals surface area contributed by atoms with Crippen LogP contribution in [0.5, 0.6) is 0 Å². The number of amides is 1. The van der Waals surface area contributed by atoms with Gasteiger partial charge in [0.05, 0.1) is 6.61 Å². The smallest absolute Gasteiger partial charge is 0.246 e. The Morgan fingerprint density at radius 2 is 1.58 bits per heavy atom. The molecule has 0 fully saturated rings. The Hall–Kier alpha value is -2.24. The Labute approximate surface area is 141 Å². The van der Waals surface area contributed by atoms with Crippen molar-refractivity contribution in [2.45, 2.75) is 38.5 Å². The number of primary amides is 1. The first-order valence-electron chi connectivity index (χ1n) is 8.01. The number of hydrogen-bond donors (Lipinski definition) is 2. The summed E-state index contributed by atoms with van der Waals surface area (Å²) in [6, 6.07) is 14.1. The summed E-state index contributed by atoms with van der Waals surface area (Å²) in [6.07, 6.45) is 1.54. The van der Waals surface area contributed by atoms with E-state index in [1.54, 1.807) is 12.1 Å². The van der Waals surface area contributed by atoms with Crippen LogP contribution in [0.1, 0.15) is 29.5 Å². The maximum absolute atomic E-state index is 12.9. The van der Waals surface area contributed by atoms with Gasteiger partial charge in [0.15, 0.2) is 0 Å². The van der Waals surface area contributed by atoms with E-state index < -0.39 is 12.0 Å². The van der Waals surface area contributed by atoms with E-state index in [1.807, 2.05) is 24.3 Å². The molecule has 0 bridgehead atoms. The Bertz CT molecular complexity index is 641. The molecule has 2 rings (SSSR count).